The molecule has 7 nitrogen and oxygen atoms in total. The van der Waals surface area contributed by atoms with Gasteiger partial charge in [-0.25, -0.2) is 19.3 Å². The van der Waals surface area contributed by atoms with E-state index < -0.39 is 11.6 Å². The van der Waals surface area contributed by atoms with Crippen molar-refractivity contribution in [2.75, 3.05) is 13.4 Å². The highest BCUT2D eigenvalue weighted by molar-refractivity contribution is 7.98. The molecule has 0 aliphatic heterocycles. The van der Waals surface area contributed by atoms with Crippen LogP contribution in [0.25, 0.3) is 17.0 Å². The summed E-state index contributed by atoms with van der Waals surface area (Å²) < 4.78 is 11.5. The van der Waals surface area contributed by atoms with E-state index >= 15 is 0 Å². The predicted molar refractivity (Wildman–Crippen MR) is 88.5 cm³/mol. The number of aromatic nitrogens is 3. The fraction of sp³-hybridized carbons (Fsp3) is 0.125. The third kappa shape index (κ3) is 2.95. The van der Waals surface area contributed by atoms with Gasteiger partial charge in [0, 0.05) is 10.5 Å². The maximum absolute atomic E-state index is 12.1. The van der Waals surface area contributed by atoms with Gasteiger partial charge in [0.2, 0.25) is 0 Å². The van der Waals surface area contributed by atoms with Gasteiger partial charge in [0.25, 0.3) is 0 Å². The fourth-order valence-electron chi connectivity index (χ4n) is 2.18. The van der Waals surface area contributed by atoms with Gasteiger partial charge in [-0.05, 0) is 36.6 Å². The second-order valence-electron chi connectivity index (χ2n) is 4.72. The normalized spacial score (nSPS) is 10.6. The number of carbonyl (C=O) groups excluding carboxylic acids is 1. The summed E-state index contributed by atoms with van der Waals surface area (Å²) in [6, 6.07) is 8.92. The lowest BCUT2D eigenvalue weighted by Gasteiger charge is -2.07. The summed E-state index contributed by atoms with van der Waals surface area (Å²) in [5.74, 6) is -0.330. The number of thioether (sulfide) groups is 1. The molecule has 8 heteroatoms. The number of benzene rings is 1. The number of nitrogens with zero attached hydrogens (tertiary/aromatic N) is 3. The first-order chi connectivity index (χ1) is 11.6. The lowest BCUT2D eigenvalue weighted by molar-refractivity contribution is 0.0591. The molecule has 0 aliphatic carbocycles. The predicted octanol–water partition coefficient (Wildman–Crippen LogP) is 2.40. The Morgan fingerprint density at radius 3 is 2.62 bits per heavy atom. The van der Waals surface area contributed by atoms with Gasteiger partial charge in [0.1, 0.15) is 18.4 Å². The number of hydrogen-bond donors (Lipinski definition) is 0. The van der Waals surface area contributed by atoms with Crippen LogP contribution in [-0.2, 0) is 4.74 Å². The van der Waals surface area contributed by atoms with E-state index in [9.17, 15) is 9.59 Å². The molecule has 3 rings (SSSR count). The summed E-state index contributed by atoms with van der Waals surface area (Å²) in [7, 11) is 1.22. The first-order valence-corrected chi connectivity index (χ1v) is 8.12. The molecule has 24 heavy (non-hydrogen) atoms. The zero-order chi connectivity index (χ0) is 17.1. The van der Waals surface area contributed by atoms with Gasteiger partial charge >= 0.3 is 11.6 Å². The Morgan fingerprint density at radius 1 is 1.29 bits per heavy atom. The average molecular weight is 343 g/mol. The van der Waals surface area contributed by atoms with Crippen molar-refractivity contribution in [3.8, 4) is 17.0 Å². The van der Waals surface area contributed by atoms with Gasteiger partial charge in [-0.3, -0.25) is 0 Å². The third-order valence-electron chi connectivity index (χ3n) is 3.36. The van der Waals surface area contributed by atoms with E-state index in [1.54, 1.807) is 35.5 Å². The van der Waals surface area contributed by atoms with Gasteiger partial charge in [0.05, 0.1) is 12.8 Å². The van der Waals surface area contributed by atoms with Gasteiger partial charge in [-0.2, -0.15) is 5.10 Å². The molecule has 0 fully saturated rings. The molecule has 0 spiro atoms. The maximum atomic E-state index is 12.1. The SMILES string of the molecule is COC(=O)c1c(SC)cc(-c2ccc(-n3cncn3)cc2)oc1=O. The molecule has 0 unspecified atom stereocenters. The van der Waals surface area contributed by atoms with E-state index in [4.69, 9.17) is 4.42 Å². The van der Waals surface area contributed by atoms with E-state index in [-0.39, 0.29) is 5.56 Å². The molecule has 0 amide bonds. The molecule has 0 atom stereocenters. The van der Waals surface area contributed by atoms with Crippen molar-refractivity contribution in [3.63, 3.8) is 0 Å². The third-order valence-corrected chi connectivity index (χ3v) is 4.12. The highest BCUT2D eigenvalue weighted by atomic mass is 32.2. The molecular formula is C16H13N3O4S. The van der Waals surface area contributed by atoms with Crippen LogP contribution in [-0.4, -0.2) is 34.1 Å². The van der Waals surface area contributed by atoms with Gasteiger partial charge in [0.15, 0.2) is 5.56 Å². The van der Waals surface area contributed by atoms with Crippen LogP contribution in [0.15, 0.2) is 57.1 Å². The Balaban J connectivity index is 2.02. The summed E-state index contributed by atoms with van der Waals surface area (Å²) >= 11 is 1.28. The minimum Gasteiger partial charge on any atom is -0.465 e. The van der Waals surface area contributed by atoms with Crippen molar-refractivity contribution in [1.82, 2.24) is 14.8 Å². The highest BCUT2D eigenvalue weighted by Gasteiger charge is 2.20. The van der Waals surface area contributed by atoms with Crippen LogP contribution in [0.4, 0.5) is 0 Å². The summed E-state index contributed by atoms with van der Waals surface area (Å²) in [4.78, 5) is 28.3. The first-order valence-electron chi connectivity index (χ1n) is 6.90. The molecule has 0 saturated carbocycles. The van der Waals surface area contributed by atoms with Crippen molar-refractivity contribution in [2.24, 2.45) is 0 Å². The molecule has 0 aliphatic rings. The Kier molecular flexibility index (Phi) is 4.48. The molecule has 0 saturated heterocycles. The number of ether oxygens (including phenoxy) is 1. The topological polar surface area (TPSA) is 87.2 Å². The number of hydrogen-bond acceptors (Lipinski definition) is 7. The van der Waals surface area contributed by atoms with E-state index in [0.29, 0.717) is 16.2 Å². The molecule has 3 aromatic rings. The van der Waals surface area contributed by atoms with Gasteiger partial charge in [-0.1, -0.05) is 0 Å². The zero-order valence-corrected chi connectivity index (χ0v) is 13.7. The minimum atomic E-state index is -0.718. The Hall–Kier alpha value is -2.87. The first kappa shape index (κ1) is 16.0. The van der Waals surface area contributed by atoms with Crippen LogP contribution in [0.3, 0.4) is 0 Å². The summed E-state index contributed by atoms with van der Waals surface area (Å²) in [5, 5.41) is 4.05. The molecule has 2 aromatic heterocycles. The van der Waals surface area contributed by atoms with E-state index in [2.05, 4.69) is 14.8 Å². The van der Waals surface area contributed by atoms with Crippen LogP contribution in [0.5, 0.6) is 0 Å². The highest BCUT2D eigenvalue weighted by Crippen LogP contribution is 2.26. The quantitative estimate of drug-likeness (QED) is 0.531. The summed E-state index contributed by atoms with van der Waals surface area (Å²) in [5.41, 5.74) is 0.731. The Labute approximate surface area is 141 Å². The van der Waals surface area contributed by atoms with Gasteiger partial charge < -0.3 is 9.15 Å². The lowest BCUT2D eigenvalue weighted by atomic mass is 10.1. The Bertz CT molecular complexity index is 917. The monoisotopic (exact) mass is 343 g/mol. The number of rotatable bonds is 4. The maximum Gasteiger partial charge on any atom is 0.352 e. The largest absolute Gasteiger partial charge is 0.465 e. The van der Waals surface area contributed by atoms with Crippen molar-refractivity contribution in [3.05, 3.63) is 59.0 Å². The van der Waals surface area contributed by atoms with Crippen molar-refractivity contribution >= 4 is 17.7 Å². The van der Waals surface area contributed by atoms with Crippen LogP contribution in [0.2, 0.25) is 0 Å². The Morgan fingerprint density at radius 2 is 2.04 bits per heavy atom. The van der Waals surface area contributed by atoms with Crippen molar-refractivity contribution in [2.45, 2.75) is 4.90 Å². The average Bonchev–Trinajstić information content (AvgIpc) is 3.15. The molecule has 2 heterocycles. The smallest absolute Gasteiger partial charge is 0.352 e. The van der Waals surface area contributed by atoms with E-state index in [1.165, 1.54) is 25.2 Å². The number of carbonyl (C=O) groups is 1. The van der Waals surface area contributed by atoms with Crippen LogP contribution in [0.1, 0.15) is 10.4 Å². The van der Waals surface area contributed by atoms with E-state index in [1.807, 2.05) is 12.1 Å². The molecular weight excluding hydrogens is 330 g/mol. The molecule has 1 aromatic carbocycles. The van der Waals surface area contributed by atoms with Crippen LogP contribution in [0, 0.1) is 0 Å². The summed E-state index contributed by atoms with van der Waals surface area (Å²) in [6.07, 6.45) is 4.81. The van der Waals surface area contributed by atoms with Crippen molar-refractivity contribution < 1.29 is 13.9 Å². The summed E-state index contributed by atoms with van der Waals surface area (Å²) in [6.45, 7) is 0. The molecule has 0 N–H and O–H groups in total. The van der Waals surface area contributed by atoms with Crippen molar-refractivity contribution in [1.29, 1.82) is 0 Å². The minimum absolute atomic E-state index is 0.0898. The standard InChI is InChI=1S/C16H13N3O4S/c1-22-15(20)14-13(24-2)7-12(23-16(14)21)10-3-5-11(6-4-10)19-9-17-8-18-19/h3-9H,1-2H3. The van der Waals surface area contributed by atoms with E-state index in [0.717, 1.165) is 5.69 Å². The second kappa shape index (κ2) is 6.71. The number of methoxy groups -OCH3 is 1. The van der Waals surface area contributed by atoms with Crippen LogP contribution >= 0.6 is 11.8 Å². The second-order valence-corrected chi connectivity index (χ2v) is 5.57. The van der Waals surface area contributed by atoms with Crippen LogP contribution < -0.4 is 5.63 Å². The number of esters is 1. The molecule has 0 bridgehead atoms. The molecule has 122 valence electrons. The zero-order valence-electron chi connectivity index (χ0n) is 12.9. The lowest BCUT2D eigenvalue weighted by Crippen LogP contribution is -2.17. The molecule has 0 radical (unpaired) electrons. The van der Waals surface area contributed by atoms with Gasteiger partial charge in [-0.15, -0.1) is 11.8 Å². The fourth-order valence-corrected chi connectivity index (χ4v) is 2.78.